The normalized spacial score (nSPS) is 11.5. The van der Waals surface area contributed by atoms with E-state index in [1.807, 2.05) is 6.92 Å². The van der Waals surface area contributed by atoms with E-state index < -0.39 is 15.7 Å². The van der Waals surface area contributed by atoms with E-state index in [4.69, 9.17) is 10.7 Å². The average molecular weight is 477 g/mol. The van der Waals surface area contributed by atoms with Gasteiger partial charge in [0.25, 0.3) is 5.56 Å². The molecule has 8 nitrogen and oxygen atoms in total. The molecular weight excluding hydrogens is 452 g/mol. The van der Waals surface area contributed by atoms with Gasteiger partial charge in [-0.3, -0.25) is 9.59 Å². The number of aromatic amines is 1. The maximum absolute atomic E-state index is 12.7. The molecule has 0 aliphatic rings. The molecule has 9 heteroatoms. The second-order valence-corrected chi connectivity index (χ2v) is 10.1. The van der Waals surface area contributed by atoms with Gasteiger partial charge in [-0.25, -0.2) is 13.4 Å². The number of sulfone groups is 1. The molecule has 4 aromatic rings. The molecule has 4 rings (SSSR count). The van der Waals surface area contributed by atoms with Crippen molar-refractivity contribution in [1.29, 1.82) is 0 Å². The monoisotopic (exact) mass is 476 g/mol. The third-order valence-electron chi connectivity index (χ3n) is 5.47. The number of benzene rings is 2. The van der Waals surface area contributed by atoms with E-state index in [2.05, 4.69) is 10.3 Å². The fourth-order valence-corrected chi connectivity index (χ4v) is 4.48. The number of carbonyl (C=O) groups excluding carboxylic acids is 1. The van der Waals surface area contributed by atoms with Crippen LogP contribution in [-0.2, 0) is 16.3 Å². The number of rotatable bonds is 7. The number of H-pyrrole nitrogens is 1. The summed E-state index contributed by atoms with van der Waals surface area (Å²) >= 11 is 0. The first-order valence-electron chi connectivity index (χ1n) is 10.7. The largest absolute Gasteiger partial charge is 0.366 e. The minimum absolute atomic E-state index is 0.180. The van der Waals surface area contributed by atoms with Crippen LogP contribution in [0.15, 0.2) is 70.5 Å². The molecule has 0 unspecified atom stereocenters. The zero-order chi connectivity index (χ0) is 24.5. The molecular formula is C25H24N4O4S. The number of aryl methyl sites for hydroxylation is 1. The lowest BCUT2D eigenvalue weighted by Gasteiger charge is -2.15. The lowest BCUT2D eigenvalue weighted by molar-refractivity contribution is 0.1000. The van der Waals surface area contributed by atoms with Crippen molar-refractivity contribution in [2.24, 2.45) is 5.73 Å². The lowest BCUT2D eigenvalue weighted by Crippen LogP contribution is -2.12. The summed E-state index contributed by atoms with van der Waals surface area (Å²) in [6, 6.07) is 15.1. The van der Waals surface area contributed by atoms with Crippen LogP contribution in [0.1, 0.15) is 29.3 Å². The minimum atomic E-state index is -3.40. The highest BCUT2D eigenvalue weighted by Crippen LogP contribution is 2.30. The van der Waals surface area contributed by atoms with E-state index >= 15 is 0 Å². The Kier molecular flexibility index (Phi) is 6.21. The quantitative estimate of drug-likeness (QED) is 0.371. The van der Waals surface area contributed by atoms with Crippen molar-refractivity contribution in [2.75, 3.05) is 11.6 Å². The number of nitrogens with one attached hydrogen (secondary N) is 2. The first-order valence-corrected chi connectivity index (χ1v) is 12.6. The third-order valence-corrected chi connectivity index (χ3v) is 6.58. The highest BCUT2D eigenvalue weighted by atomic mass is 32.2. The summed E-state index contributed by atoms with van der Waals surface area (Å²) in [7, 11) is -3.40. The molecule has 0 aliphatic heterocycles. The SMILES string of the molecule is CCCc1cc(C(N)=O)ccc1Nc1nc(-c2cccc(S(C)(=O)=O)c2)cc2cc[nH]c(=O)c12. The summed E-state index contributed by atoms with van der Waals surface area (Å²) in [5.74, 6) is -0.194. The van der Waals surface area contributed by atoms with Crippen molar-refractivity contribution in [3.8, 4) is 11.3 Å². The summed E-state index contributed by atoms with van der Waals surface area (Å²) < 4.78 is 24.1. The van der Waals surface area contributed by atoms with E-state index in [9.17, 15) is 18.0 Å². The molecule has 2 aromatic heterocycles. The van der Waals surface area contributed by atoms with Gasteiger partial charge in [-0.2, -0.15) is 0 Å². The fraction of sp³-hybridized carbons (Fsp3) is 0.160. The molecule has 0 atom stereocenters. The summed E-state index contributed by atoms with van der Waals surface area (Å²) in [4.78, 5) is 31.9. The molecule has 2 aromatic carbocycles. The summed E-state index contributed by atoms with van der Waals surface area (Å²) in [6.07, 6.45) is 4.23. The number of carbonyl (C=O) groups is 1. The number of amides is 1. The molecule has 1 amide bonds. The highest BCUT2D eigenvalue weighted by molar-refractivity contribution is 7.90. The van der Waals surface area contributed by atoms with Gasteiger partial charge >= 0.3 is 0 Å². The summed E-state index contributed by atoms with van der Waals surface area (Å²) in [5, 5.41) is 4.27. The van der Waals surface area contributed by atoms with Crippen LogP contribution in [0.3, 0.4) is 0 Å². The van der Waals surface area contributed by atoms with Gasteiger partial charge < -0.3 is 16.0 Å². The summed E-state index contributed by atoms with van der Waals surface area (Å²) in [5.41, 5.74) is 8.21. The van der Waals surface area contributed by atoms with Crippen molar-refractivity contribution < 1.29 is 13.2 Å². The number of nitrogens with zero attached hydrogens (tertiary/aromatic N) is 1. The van der Waals surface area contributed by atoms with Crippen molar-refractivity contribution in [3.05, 3.63) is 82.3 Å². The number of primary amides is 1. The molecule has 34 heavy (non-hydrogen) atoms. The van der Waals surface area contributed by atoms with E-state index in [0.29, 0.717) is 45.5 Å². The Morgan fingerprint density at radius 3 is 2.62 bits per heavy atom. The van der Waals surface area contributed by atoms with Crippen LogP contribution >= 0.6 is 0 Å². The zero-order valence-corrected chi connectivity index (χ0v) is 19.6. The number of hydrogen-bond acceptors (Lipinski definition) is 6. The maximum atomic E-state index is 12.7. The number of fused-ring (bicyclic) bond motifs is 1. The highest BCUT2D eigenvalue weighted by Gasteiger charge is 2.15. The Labute approximate surface area is 196 Å². The number of pyridine rings is 2. The first kappa shape index (κ1) is 23.2. The van der Waals surface area contributed by atoms with Gasteiger partial charge in [0.05, 0.1) is 16.0 Å². The van der Waals surface area contributed by atoms with Crippen LogP contribution in [0.2, 0.25) is 0 Å². The standard InChI is InChI=1S/C25H24N4O4S/c1-3-5-15-12-18(23(26)30)8-9-20(15)28-24-22-17(10-11-27-25(22)31)14-21(29-24)16-6-4-7-19(13-16)34(2,32)33/h4,6-14H,3,5H2,1-2H3,(H2,26,30)(H,27,31)(H,28,29). The van der Waals surface area contributed by atoms with Gasteiger partial charge in [-0.05, 0) is 59.8 Å². The predicted octanol–water partition coefficient (Wildman–Crippen LogP) is 3.79. The predicted molar refractivity (Wildman–Crippen MR) is 133 cm³/mol. The molecule has 174 valence electrons. The minimum Gasteiger partial charge on any atom is -0.366 e. The van der Waals surface area contributed by atoms with Crippen LogP contribution in [0.25, 0.3) is 22.0 Å². The van der Waals surface area contributed by atoms with E-state index in [-0.39, 0.29) is 10.5 Å². The molecule has 0 spiro atoms. The molecule has 0 saturated carbocycles. The lowest BCUT2D eigenvalue weighted by atomic mass is 10.0. The molecule has 0 aliphatic carbocycles. The zero-order valence-electron chi connectivity index (χ0n) is 18.8. The molecule has 0 fully saturated rings. The van der Waals surface area contributed by atoms with Crippen LogP contribution < -0.4 is 16.6 Å². The van der Waals surface area contributed by atoms with Crippen LogP contribution in [0, 0.1) is 0 Å². The Balaban J connectivity index is 1.90. The van der Waals surface area contributed by atoms with Crippen LogP contribution in [0.4, 0.5) is 11.5 Å². The van der Waals surface area contributed by atoms with Crippen LogP contribution in [-0.4, -0.2) is 30.5 Å². The fourth-order valence-electron chi connectivity index (χ4n) is 3.81. The molecule has 0 radical (unpaired) electrons. The average Bonchev–Trinajstić information content (AvgIpc) is 2.79. The third kappa shape index (κ3) is 4.69. The van der Waals surface area contributed by atoms with Gasteiger partial charge in [0.2, 0.25) is 5.91 Å². The maximum Gasteiger partial charge on any atom is 0.259 e. The Morgan fingerprint density at radius 1 is 1.12 bits per heavy atom. The van der Waals surface area contributed by atoms with Gasteiger partial charge in [0, 0.05) is 29.3 Å². The van der Waals surface area contributed by atoms with E-state index in [1.54, 1.807) is 54.7 Å². The number of aromatic nitrogens is 2. The second-order valence-electron chi connectivity index (χ2n) is 8.04. The molecule has 4 N–H and O–H groups in total. The van der Waals surface area contributed by atoms with Crippen molar-refractivity contribution in [2.45, 2.75) is 24.7 Å². The number of anilines is 2. The second kappa shape index (κ2) is 9.11. The van der Waals surface area contributed by atoms with Crippen molar-refractivity contribution in [3.63, 3.8) is 0 Å². The molecule has 0 saturated heterocycles. The van der Waals surface area contributed by atoms with E-state index in [0.717, 1.165) is 18.2 Å². The van der Waals surface area contributed by atoms with Gasteiger partial charge in [-0.15, -0.1) is 0 Å². The van der Waals surface area contributed by atoms with Crippen molar-refractivity contribution in [1.82, 2.24) is 9.97 Å². The Hall–Kier alpha value is -3.98. The number of hydrogen-bond donors (Lipinski definition) is 3. The number of nitrogens with two attached hydrogens (primary N) is 1. The molecule has 0 bridgehead atoms. The molecule has 2 heterocycles. The van der Waals surface area contributed by atoms with Crippen LogP contribution in [0.5, 0.6) is 0 Å². The summed E-state index contributed by atoms with van der Waals surface area (Å²) in [6.45, 7) is 2.02. The Morgan fingerprint density at radius 2 is 1.91 bits per heavy atom. The van der Waals surface area contributed by atoms with Gasteiger partial charge in [0.15, 0.2) is 9.84 Å². The smallest absolute Gasteiger partial charge is 0.259 e. The topological polar surface area (TPSA) is 135 Å². The Bertz CT molecular complexity index is 1580. The van der Waals surface area contributed by atoms with Crippen molar-refractivity contribution >= 4 is 38.0 Å². The van der Waals surface area contributed by atoms with Gasteiger partial charge in [0.1, 0.15) is 5.82 Å². The first-order chi connectivity index (χ1) is 16.2. The van der Waals surface area contributed by atoms with Gasteiger partial charge in [-0.1, -0.05) is 25.5 Å². The van der Waals surface area contributed by atoms with E-state index in [1.165, 1.54) is 6.07 Å².